The van der Waals surface area contributed by atoms with Crippen LogP contribution in [0.3, 0.4) is 0 Å². The standard InChI is InChI=1S/C14H21N3O4/c1-9(2)5-17(11-6-21-7-12(18)13(11)19)14(20)10-3-4-15-8-16-10/h3-4,8-9,11-13,18-19H,5-7H2,1-2H3/t11-,12-,13+/m1/s1. The topological polar surface area (TPSA) is 95.8 Å². The highest BCUT2D eigenvalue weighted by molar-refractivity contribution is 5.92. The minimum Gasteiger partial charge on any atom is -0.388 e. The smallest absolute Gasteiger partial charge is 0.273 e. The number of aromatic nitrogens is 2. The first-order valence-electron chi connectivity index (χ1n) is 7.01. The van der Waals surface area contributed by atoms with Crippen molar-refractivity contribution >= 4 is 5.91 Å². The molecule has 2 N–H and O–H groups in total. The van der Waals surface area contributed by atoms with Crippen molar-refractivity contribution in [3.05, 3.63) is 24.3 Å². The van der Waals surface area contributed by atoms with Crippen LogP contribution in [0.1, 0.15) is 24.3 Å². The minimum absolute atomic E-state index is 0.0783. The molecule has 3 atom stereocenters. The Kier molecular flexibility index (Phi) is 5.22. The van der Waals surface area contributed by atoms with Crippen LogP contribution in [0, 0.1) is 5.92 Å². The third kappa shape index (κ3) is 3.75. The molecular weight excluding hydrogens is 274 g/mol. The van der Waals surface area contributed by atoms with E-state index in [9.17, 15) is 15.0 Å². The third-order valence-corrected chi connectivity index (χ3v) is 3.39. The van der Waals surface area contributed by atoms with Gasteiger partial charge in [-0.1, -0.05) is 13.8 Å². The lowest BCUT2D eigenvalue weighted by Gasteiger charge is -2.40. The summed E-state index contributed by atoms with van der Waals surface area (Å²) in [6, 6.07) is 0.945. The number of carbonyl (C=O) groups is 1. The van der Waals surface area contributed by atoms with Crippen molar-refractivity contribution < 1.29 is 19.7 Å². The average Bonchev–Trinajstić information content (AvgIpc) is 2.48. The van der Waals surface area contributed by atoms with Crippen LogP contribution >= 0.6 is 0 Å². The van der Waals surface area contributed by atoms with E-state index in [0.717, 1.165) is 0 Å². The van der Waals surface area contributed by atoms with E-state index in [-0.39, 0.29) is 30.7 Å². The monoisotopic (exact) mass is 295 g/mol. The lowest BCUT2D eigenvalue weighted by molar-refractivity contribution is -0.126. The van der Waals surface area contributed by atoms with Crippen LogP contribution in [0.5, 0.6) is 0 Å². The van der Waals surface area contributed by atoms with E-state index in [1.54, 1.807) is 0 Å². The number of carbonyl (C=O) groups excluding carboxylic acids is 1. The van der Waals surface area contributed by atoms with Crippen molar-refractivity contribution in [2.45, 2.75) is 32.1 Å². The quantitative estimate of drug-likeness (QED) is 0.791. The molecule has 0 unspecified atom stereocenters. The van der Waals surface area contributed by atoms with Crippen LogP contribution < -0.4 is 0 Å². The van der Waals surface area contributed by atoms with Crippen molar-refractivity contribution in [3.63, 3.8) is 0 Å². The number of hydrogen-bond donors (Lipinski definition) is 2. The first kappa shape index (κ1) is 15.8. The fraction of sp³-hybridized carbons (Fsp3) is 0.643. The van der Waals surface area contributed by atoms with Gasteiger partial charge < -0.3 is 19.8 Å². The summed E-state index contributed by atoms with van der Waals surface area (Å²) in [7, 11) is 0. The molecule has 1 saturated heterocycles. The molecule has 1 amide bonds. The van der Waals surface area contributed by atoms with Crippen LogP contribution in [0.4, 0.5) is 0 Å². The molecule has 116 valence electrons. The molecule has 2 heterocycles. The molecular formula is C14H21N3O4. The molecule has 1 fully saturated rings. The second-order valence-electron chi connectivity index (χ2n) is 5.61. The van der Waals surface area contributed by atoms with E-state index in [1.165, 1.54) is 23.5 Å². The molecule has 1 aliphatic rings. The molecule has 7 heteroatoms. The number of rotatable bonds is 4. The normalized spacial score (nSPS) is 25.9. The van der Waals surface area contributed by atoms with E-state index < -0.39 is 18.2 Å². The van der Waals surface area contributed by atoms with Crippen LogP contribution in [0.2, 0.25) is 0 Å². The van der Waals surface area contributed by atoms with E-state index in [4.69, 9.17) is 4.74 Å². The first-order chi connectivity index (χ1) is 10.0. The Morgan fingerprint density at radius 3 is 2.86 bits per heavy atom. The van der Waals surface area contributed by atoms with Gasteiger partial charge in [-0.15, -0.1) is 0 Å². The Balaban J connectivity index is 2.23. The van der Waals surface area contributed by atoms with Crippen molar-refractivity contribution in [1.29, 1.82) is 0 Å². The summed E-state index contributed by atoms with van der Waals surface area (Å²) in [5.74, 6) is -0.0880. The first-order valence-corrected chi connectivity index (χ1v) is 7.01. The maximum Gasteiger partial charge on any atom is 0.273 e. The second kappa shape index (κ2) is 6.93. The van der Waals surface area contributed by atoms with E-state index in [2.05, 4.69) is 9.97 Å². The van der Waals surface area contributed by atoms with Crippen molar-refractivity contribution in [2.75, 3.05) is 19.8 Å². The minimum atomic E-state index is -1.02. The largest absolute Gasteiger partial charge is 0.388 e. The molecule has 0 aromatic carbocycles. The third-order valence-electron chi connectivity index (χ3n) is 3.39. The number of hydrogen-bond acceptors (Lipinski definition) is 6. The van der Waals surface area contributed by atoms with Gasteiger partial charge in [-0.25, -0.2) is 9.97 Å². The van der Waals surface area contributed by atoms with Crippen LogP contribution in [-0.4, -0.2) is 69.0 Å². The summed E-state index contributed by atoms with van der Waals surface area (Å²) < 4.78 is 5.28. The number of ether oxygens (including phenoxy) is 1. The van der Waals surface area contributed by atoms with Crippen molar-refractivity contribution in [1.82, 2.24) is 14.9 Å². The van der Waals surface area contributed by atoms with Gasteiger partial charge in [-0.2, -0.15) is 0 Å². The Bertz CT molecular complexity index is 469. The van der Waals surface area contributed by atoms with Gasteiger partial charge in [0.05, 0.1) is 19.3 Å². The summed E-state index contributed by atoms with van der Waals surface area (Å²) in [5, 5.41) is 19.9. The molecule has 1 aromatic heterocycles. The van der Waals surface area contributed by atoms with Gasteiger partial charge in [0.15, 0.2) is 0 Å². The Morgan fingerprint density at radius 2 is 2.24 bits per heavy atom. The molecule has 21 heavy (non-hydrogen) atoms. The summed E-state index contributed by atoms with van der Waals surface area (Å²) in [6.07, 6.45) is 0.791. The molecule has 0 radical (unpaired) electrons. The zero-order valence-electron chi connectivity index (χ0n) is 12.2. The summed E-state index contributed by atoms with van der Waals surface area (Å²) in [5.41, 5.74) is 0.262. The predicted molar refractivity (Wildman–Crippen MR) is 74.5 cm³/mol. The summed E-state index contributed by atoms with van der Waals surface area (Å²) in [4.78, 5) is 21.9. The van der Waals surface area contributed by atoms with Gasteiger partial charge in [0.1, 0.15) is 24.2 Å². The van der Waals surface area contributed by atoms with Gasteiger partial charge in [-0.05, 0) is 12.0 Å². The van der Waals surface area contributed by atoms with Crippen molar-refractivity contribution in [3.8, 4) is 0 Å². The fourth-order valence-corrected chi connectivity index (χ4v) is 2.36. The SMILES string of the molecule is CC(C)CN(C(=O)c1ccncn1)[C@@H]1COC[C@@H](O)[C@H]1O. The maximum absolute atomic E-state index is 12.6. The molecule has 2 rings (SSSR count). The van der Waals surface area contributed by atoms with Gasteiger partial charge in [0.25, 0.3) is 5.91 Å². The van der Waals surface area contributed by atoms with Crippen LogP contribution in [0.25, 0.3) is 0 Å². The van der Waals surface area contributed by atoms with E-state index >= 15 is 0 Å². The zero-order valence-corrected chi connectivity index (χ0v) is 12.2. The average molecular weight is 295 g/mol. The lowest BCUT2D eigenvalue weighted by Crippen LogP contribution is -2.58. The molecule has 1 aromatic rings. The highest BCUT2D eigenvalue weighted by atomic mass is 16.5. The highest BCUT2D eigenvalue weighted by Gasteiger charge is 2.38. The molecule has 7 nitrogen and oxygen atoms in total. The predicted octanol–water partition coefficient (Wildman–Crippen LogP) is -0.305. The van der Waals surface area contributed by atoms with E-state index in [0.29, 0.717) is 6.54 Å². The molecule has 0 bridgehead atoms. The highest BCUT2D eigenvalue weighted by Crippen LogP contribution is 2.18. The molecule has 0 aliphatic carbocycles. The number of aliphatic hydroxyl groups excluding tert-OH is 2. The fourth-order valence-electron chi connectivity index (χ4n) is 2.36. The molecule has 0 spiro atoms. The van der Waals surface area contributed by atoms with Gasteiger partial charge in [0.2, 0.25) is 0 Å². The van der Waals surface area contributed by atoms with Crippen molar-refractivity contribution in [2.24, 2.45) is 5.92 Å². The maximum atomic E-state index is 12.6. The van der Waals surface area contributed by atoms with Crippen LogP contribution in [0.15, 0.2) is 18.6 Å². The lowest BCUT2D eigenvalue weighted by atomic mass is 10.0. The molecule has 1 aliphatic heterocycles. The Labute approximate surface area is 123 Å². The number of nitrogens with zero attached hydrogens (tertiary/aromatic N) is 3. The second-order valence-corrected chi connectivity index (χ2v) is 5.61. The molecule has 0 saturated carbocycles. The summed E-state index contributed by atoms with van der Waals surface area (Å²) in [6.45, 7) is 4.68. The van der Waals surface area contributed by atoms with Crippen LogP contribution in [-0.2, 0) is 4.74 Å². The Hall–Kier alpha value is -1.57. The summed E-state index contributed by atoms with van der Waals surface area (Å²) >= 11 is 0. The number of aliphatic hydroxyl groups is 2. The van der Waals surface area contributed by atoms with Gasteiger partial charge in [-0.3, -0.25) is 4.79 Å². The zero-order chi connectivity index (χ0) is 15.4. The van der Waals surface area contributed by atoms with E-state index in [1.807, 2.05) is 13.8 Å². The van der Waals surface area contributed by atoms with Gasteiger partial charge in [0, 0.05) is 12.7 Å². The van der Waals surface area contributed by atoms with Gasteiger partial charge >= 0.3 is 0 Å². The Morgan fingerprint density at radius 1 is 1.48 bits per heavy atom. The number of amides is 1.